The summed E-state index contributed by atoms with van der Waals surface area (Å²) in [6.07, 6.45) is 1.61. The summed E-state index contributed by atoms with van der Waals surface area (Å²) in [7, 11) is 1.67. The maximum absolute atomic E-state index is 5.37. The predicted octanol–water partition coefficient (Wildman–Crippen LogP) is 1.17. The lowest BCUT2D eigenvalue weighted by atomic mass is 10.2. The quantitative estimate of drug-likeness (QED) is 0.837. The van der Waals surface area contributed by atoms with Crippen LogP contribution in [0.2, 0.25) is 0 Å². The fourth-order valence-electron chi connectivity index (χ4n) is 2.28. The van der Waals surface area contributed by atoms with Crippen LogP contribution in [-0.4, -0.2) is 48.2 Å². The van der Waals surface area contributed by atoms with Gasteiger partial charge < -0.3 is 14.4 Å². The van der Waals surface area contributed by atoms with Gasteiger partial charge in [0.25, 0.3) is 0 Å². The lowest BCUT2D eigenvalue weighted by Gasteiger charge is -2.27. The van der Waals surface area contributed by atoms with E-state index in [2.05, 4.69) is 15.0 Å². The Kier molecular flexibility index (Phi) is 3.83. The van der Waals surface area contributed by atoms with Gasteiger partial charge in [-0.05, 0) is 17.7 Å². The van der Waals surface area contributed by atoms with Gasteiger partial charge in [0.1, 0.15) is 12.1 Å². The van der Waals surface area contributed by atoms with E-state index in [1.165, 1.54) is 5.56 Å². The normalized spacial score (nSPS) is 15.3. The van der Waals surface area contributed by atoms with Crippen LogP contribution in [0.4, 0.5) is 5.95 Å². The molecule has 2 heterocycles. The second-order valence-electron chi connectivity index (χ2n) is 4.67. The fourth-order valence-corrected chi connectivity index (χ4v) is 2.28. The second-order valence-corrected chi connectivity index (χ2v) is 4.67. The lowest BCUT2D eigenvalue weighted by molar-refractivity contribution is 0.121. The van der Waals surface area contributed by atoms with Crippen LogP contribution < -0.4 is 9.64 Å². The average molecular weight is 274 g/mol. The number of ether oxygens (including phenoxy) is 2. The van der Waals surface area contributed by atoms with Crippen molar-refractivity contribution in [2.45, 2.75) is 6.54 Å². The highest BCUT2D eigenvalue weighted by molar-refractivity contribution is 5.32. The van der Waals surface area contributed by atoms with Crippen molar-refractivity contribution >= 4 is 5.95 Å². The molecule has 6 heteroatoms. The van der Waals surface area contributed by atoms with Crippen LogP contribution in [0.25, 0.3) is 0 Å². The van der Waals surface area contributed by atoms with Gasteiger partial charge in [-0.2, -0.15) is 10.1 Å². The van der Waals surface area contributed by atoms with E-state index < -0.39 is 0 Å². The minimum absolute atomic E-state index is 0.705. The number of morpholine rings is 1. The molecule has 0 saturated carbocycles. The molecule has 2 aromatic rings. The highest BCUT2D eigenvalue weighted by Crippen LogP contribution is 2.16. The Labute approximate surface area is 117 Å². The molecule has 0 unspecified atom stereocenters. The second kappa shape index (κ2) is 5.92. The van der Waals surface area contributed by atoms with Crippen molar-refractivity contribution in [3.8, 4) is 5.75 Å². The van der Waals surface area contributed by atoms with Gasteiger partial charge >= 0.3 is 0 Å². The molecule has 0 atom stereocenters. The van der Waals surface area contributed by atoms with Crippen LogP contribution in [0.1, 0.15) is 5.56 Å². The topological polar surface area (TPSA) is 52.4 Å². The van der Waals surface area contributed by atoms with Crippen molar-refractivity contribution in [3.63, 3.8) is 0 Å². The number of benzene rings is 1. The number of rotatable bonds is 4. The first kappa shape index (κ1) is 12.9. The Balaban J connectivity index is 1.75. The van der Waals surface area contributed by atoms with Crippen molar-refractivity contribution < 1.29 is 9.47 Å². The summed E-state index contributed by atoms with van der Waals surface area (Å²) in [5.74, 6) is 1.77. The molecule has 1 fully saturated rings. The number of hydrogen-bond acceptors (Lipinski definition) is 5. The molecule has 1 aromatic heterocycles. The Bertz CT molecular complexity index is 547. The minimum atomic E-state index is 0.705. The maximum atomic E-state index is 5.37. The molecule has 0 N–H and O–H groups in total. The average Bonchev–Trinajstić information content (AvgIpc) is 2.97. The first-order valence-electron chi connectivity index (χ1n) is 6.70. The summed E-state index contributed by atoms with van der Waals surface area (Å²) in [5.41, 5.74) is 1.17. The van der Waals surface area contributed by atoms with Gasteiger partial charge in [-0.1, -0.05) is 12.1 Å². The number of anilines is 1. The molecule has 0 amide bonds. The van der Waals surface area contributed by atoms with Crippen LogP contribution in [0.15, 0.2) is 30.6 Å². The van der Waals surface area contributed by atoms with E-state index in [0.29, 0.717) is 6.54 Å². The summed E-state index contributed by atoms with van der Waals surface area (Å²) in [4.78, 5) is 6.58. The van der Waals surface area contributed by atoms with Gasteiger partial charge in [-0.15, -0.1) is 0 Å². The Morgan fingerprint density at radius 2 is 1.95 bits per heavy atom. The van der Waals surface area contributed by atoms with Crippen molar-refractivity contribution in [1.82, 2.24) is 14.8 Å². The van der Waals surface area contributed by atoms with E-state index in [1.54, 1.807) is 13.4 Å². The standard InChI is InChI=1S/C14H18N4O2/c1-19-13-4-2-12(3-5-13)10-18-14(15-11-16-18)17-6-8-20-9-7-17/h2-5,11H,6-10H2,1H3. The number of methoxy groups -OCH3 is 1. The van der Waals surface area contributed by atoms with Crippen molar-refractivity contribution in [1.29, 1.82) is 0 Å². The SMILES string of the molecule is COc1ccc(Cn2ncnc2N2CCOCC2)cc1. The van der Waals surface area contributed by atoms with Crippen molar-refractivity contribution in [2.24, 2.45) is 0 Å². The third-order valence-corrected chi connectivity index (χ3v) is 3.38. The van der Waals surface area contributed by atoms with E-state index in [1.807, 2.05) is 28.9 Å². The molecule has 0 radical (unpaired) electrons. The predicted molar refractivity (Wildman–Crippen MR) is 75.2 cm³/mol. The van der Waals surface area contributed by atoms with Crippen molar-refractivity contribution in [3.05, 3.63) is 36.2 Å². The van der Waals surface area contributed by atoms with E-state index in [-0.39, 0.29) is 0 Å². The zero-order chi connectivity index (χ0) is 13.8. The highest BCUT2D eigenvalue weighted by Gasteiger charge is 2.16. The van der Waals surface area contributed by atoms with Gasteiger partial charge in [-0.25, -0.2) is 4.68 Å². The fraction of sp³-hybridized carbons (Fsp3) is 0.429. The Morgan fingerprint density at radius 1 is 1.20 bits per heavy atom. The molecule has 0 bridgehead atoms. The zero-order valence-electron chi connectivity index (χ0n) is 11.5. The number of hydrogen-bond donors (Lipinski definition) is 0. The molecular formula is C14H18N4O2. The van der Waals surface area contributed by atoms with E-state index in [9.17, 15) is 0 Å². The summed E-state index contributed by atoms with van der Waals surface area (Å²) in [6.45, 7) is 3.92. The molecule has 3 rings (SSSR count). The third kappa shape index (κ3) is 2.75. The van der Waals surface area contributed by atoms with Gasteiger partial charge in [0.2, 0.25) is 5.95 Å². The number of aromatic nitrogens is 3. The van der Waals surface area contributed by atoms with Gasteiger partial charge in [0.05, 0.1) is 26.9 Å². The maximum Gasteiger partial charge on any atom is 0.224 e. The summed E-state index contributed by atoms with van der Waals surface area (Å²) >= 11 is 0. The Hall–Kier alpha value is -2.08. The molecule has 20 heavy (non-hydrogen) atoms. The smallest absolute Gasteiger partial charge is 0.224 e. The van der Waals surface area contributed by atoms with Gasteiger partial charge in [0, 0.05) is 13.1 Å². The lowest BCUT2D eigenvalue weighted by Crippen LogP contribution is -2.38. The molecule has 1 aliphatic heterocycles. The van der Waals surface area contributed by atoms with Gasteiger partial charge in [0.15, 0.2) is 0 Å². The molecule has 1 aliphatic rings. The minimum Gasteiger partial charge on any atom is -0.497 e. The Morgan fingerprint density at radius 3 is 2.65 bits per heavy atom. The van der Waals surface area contributed by atoms with Crippen LogP contribution in [0.5, 0.6) is 5.75 Å². The molecular weight excluding hydrogens is 256 g/mol. The van der Waals surface area contributed by atoms with Crippen LogP contribution in [-0.2, 0) is 11.3 Å². The summed E-state index contributed by atoms with van der Waals surface area (Å²) < 4.78 is 12.5. The van der Waals surface area contributed by atoms with Crippen molar-refractivity contribution in [2.75, 3.05) is 38.3 Å². The monoisotopic (exact) mass is 274 g/mol. The first-order valence-corrected chi connectivity index (χ1v) is 6.70. The van der Waals surface area contributed by atoms with Crippen LogP contribution in [0, 0.1) is 0 Å². The third-order valence-electron chi connectivity index (χ3n) is 3.38. The summed E-state index contributed by atoms with van der Waals surface area (Å²) in [6, 6.07) is 8.01. The van der Waals surface area contributed by atoms with Gasteiger partial charge in [-0.3, -0.25) is 0 Å². The van der Waals surface area contributed by atoms with E-state index >= 15 is 0 Å². The number of nitrogens with zero attached hydrogens (tertiary/aromatic N) is 4. The molecule has 1 aromatic carbocycles. The zero-order valence-corrected chi connectivity index (χ0v) is 11.5. The molecule has 6 nitrogen and oxygen atoms in total. The molecule has 1 saturated heterocycles. The molecule has 0 spiro atoms. The molecule has 0 aliphatic carbocycles. The summed E-state index contributed by atoms with van der Waals surface area (Å²) in [5, 5.41) is 4.32. The van der Waals surface area contributed by atoms with E-state index in [4.69, 9.17) is 9.47 Å². The highest BCUT2D eigenvalue weighted by atomic mass is 16.5. The van der Waals surface area contributed by atoms with Crippen LogP contribution in [0.3, 0.4) is 0 Å². The largest absolute Gasteiger partial charge is 0.497 e. The van der Waals surface area contributed by atoms with E-state index in [0.717, 1.165) is 38.0 Å². The molecule has 106 valence electrons. The van der Waals surface area contributed by atoms with Crippen LogP contribution >= 0.6 is 0 Å². The first-order chi connectivity index (χ1) is 9.86.